The van der Waals surface area contributed by atoms with Gasteiger partial charge in [-0.05, 0) is 43.5 Å². The molecule has 1 amide bonds. The molecule has 1 aromatic carbocycles. The Bertz CT molecular complexity index is 859. The molecule has 2 aromatic heterocycles. The van der Waals surface area contributed by atoms with Crippen molar-refractivity contribution in [3.63, 3.8) is 0 Å². The van der Waals surface area contributed by atoms with Crippen molar-refractivity contribution in [2.75, 3.05) is 0 Å². The van der Waals surface area contributed by atoms with E-state index in [1.54, 1.807) is 6.92 Å². The van der Waals surface area contributed by atoms with Gasteiger partial charge in [-0.2, -0.15) is 5.10 Å². The third-order valence-corrected chi connectivity index (χ3v) is 4.22. The van der Waals surface area contributed by atoms with Crippen molar-refractivity contribution in [1.29, 1.82) is 0 Å². The van der Waals surface area contributed by atoms with Crippen LogP contribution in [-0.2, 0) is 6.54 Å². The molecule has 0 saturated heterocycles. The molecule has 0 bridgehead atoms. The lowest BCUT2D eigenvalue weighted by Crippen LogP contribution is -2.23. The van der Waals surface area contributed by atoms with Gasteiger partial charge in [0.05, 0.1) is 11.4 Å². The first-order valence-corrected chi connectivity index (χ1v) is 8.04. The molecule has 3 aromatic rings. The smallest absolute Gasteiger partial charge is 0.273 e. The number of hydrogen-bond donors (Lipinski definition) is 1. The van der Waals surface area contributed by atoms with Crippen molar-refractivity contribution in [2.24, 2.45) is 0 Å². The molecule has 6 nitrogen and oxygen atoms in total. The highest BCUT2D eigenvalue weighted by Gasteiger charge is 2.25. The molecule has 1 fully saturated rings. The summed E-state index contributed by atoms with van der Waals surface area (Å²) in [6.07, 6.45) is 5.78. The molecule has 0 atom stereocenters. The van der Waals surface area contributed by atoms with Crippen molar-refractivity contribution in [3.05, 3.63) is 65.6 Å². The van der Waals surface area contributed by atoms with E-state index in [2.05, 4.69) is 21.5 Å². The highest BCUT2D eigenvalue weighted by molar-refractivity contribution is 5.92. The van der Waals surface area contributed by atoms with Gasteiger partial charge in [0, 0.05) is 18.7 Å². The van der Waals surface area contributed by atoms with Gasteiger partial charge in [-0.25, -0.2) is 9.67 Å². The zero-order valence-electron chi connectivity index (χ0n) is 13.4. The van der Waals surface area contributed by atoms with Gasteiger partial charge < -0.3 is 9.73 Å². The number of nitrogens with zero attached hydrogens (tertiary/aromatic N) is 3. The first-order valence-electron chi connectivity index (χ1n) is 8.04. The number of nitrogens with one attached hydrogen (secondary N) is 1. The van der Waals surface area contributed by atoms with Crippen LogP contribution < -0.4 is 5.32 Å². The number of oxazole rings is 1. The molecular formula is C18H18N4O2. The second kappa shape index (κ2) is 5.96. The van der Waals surface area contributed by atoms with Crippen molar-refractivity contribution in [3.8, 4) is 5.69 Å². The number of hydrogen-bond acceptors (Lipinski definition) is 4. The fourth-order valence-electron chi connectivity index (χ4n) is 2.63. The molecule has 1 aliphatic carbocycles. The summed E-state index contributed by atoms with van der Waals surface area (Å²) in [7, 11) is 0. The molecule has 122 valence electrons. The average molecular weight is 322 g/mol. The molecule has 2 heterocycles. The van der Waals surface area contributed by atoms with Crippen molar-refractivity contribution < 1.29 is 9.21 Å². The Kier molecular flexibility index (Phi) is 3.65. The third kappa shape index (κ3) is 2.95. The summed E-state index contributed by atoms with van der Waals surface area (Å²) in [5.74, 6) is 0.945. The number of carbonyl (C=O) groups excluding carboxylic acids is 1. The first kappa shape index (κ1) is 14.7. The summed E-state index contributed by atoms with van der Waals surface area (Å²) < 4.78 is 6.94. The Hall–Kier alpha value is -2.89. The quantitative estimate of drug-likeness (QED) is 0.784. The second-order valence-electron chi connectivity index (χ2n) is 6.07. The topological polar surface area (TPSA) is 73.0 Å². The summed E-state index contributed by atoms with van der Waals surface area (Å²) in [6.45, 7) is 2.16. The SMILES string of the molecule is Cc1ocnc1C(=O)NCc1ccc(-n2ccc(C3CC3)n2)cc1. The number of amides is 1. The van der Waals surface area contributed by atoms with Crippen LogP contribution in [-0.4, -0.2) is 20.7 Å². The maximum atomic E-state index is 12.0. The monoisotopic (exact) mass is 322 g/mol. The van der Waals surface area contributed by atoms with Gasteiger partial charge in [-0.3, -0.25) is 4.79 Å². The van der Waals surface area contributed by atoms with E-state index in [-0.39, 0.29) is 5.91 Å². The molecule has 1 N–H and O–H groups in total. The van der Waals surface area contributed by atoms with Crippen molar-refractivity contribution >= 4 is 5.91 Å². The van der Waals surface area contributed by atoms with Gasteiger partial charge in [-0.15, -0.1) is 0 Å². The van der Waals surface area contributed by atoms with E-state index in [1.807, 2.05) is 35.1 Å². The minimum absolute atomic E-state index is 0.230. The third-order valence-electron chi connectivity index (χ3n) is 4.22. The lowest BCUT2D eigenvalue weighted by molar-refractivity contribution is 0.0945. The van der Waals surface area contributed by atoms with E-state index in [1.165, 1.54) is 24.9 Å². The lowest BCUT2D eigenvalue weighted by Gasteiger charge is -2.06. The fourth-order valence-corrected chi connectivity index (χ4v) is 2.63. The Morgan fingerprint density at radius 1 is 1.29 bits per heavy atom. The Balaban J connectivity index is 1.40. The van der Waals surface area contributed by atoms with Crippen molar-refractivity contribution in [2.45, 2.75) is 32.2 Å². The van der Waals surface area contributed by atoms with Crippen LogP contribution in [0.1, 0.15) is 46.3 Å². The van der Waals surface area contributed by atoms with Crippen LogP contribution in [0.15, 0.2) is 47.3 Å². The van der Waals surface area contributed by atoms with Gasteiger partial charge in [0.25, 0.3) is 5.91 Å². The Labute approximate surface area is 139 Å². The average Bonchev–Trinajstić information content (AvgIpc) is 3.17. The Morgan fingerprint density at radius 2 is 2.08 bits per heavy atom. The van der Waals surface area contributed by atoms with Crippen molar-refractivity contribution in [1.82, 2.24) is 20.1 Å². The van der Waals surface area contributed by atoms with Crippen LogP contribution in [0.25, 0.3) is 5.69 Å². The summed E-state index contributed by atoms with van der Waals surface area (Å²) >= 11 is 0. The van der Waals surface area contributed by atoms with E-state index in [9.17, 15) is 4.79 Å². The summed E-state index contributed by atoms with van der Waals surface area (Å²) in [4.78, 5) is 15.9. The van der Waals surface area contributed by atoms with Crippen LogP contribution in [0.5, 0.6) is 0 Å². The predicted molar refractivity (Wildman–Crippen MR) is 87.9 cm³/mol. The molecule has 1 aliphatic rings. The molecule has 24 heavy (non-hydrogen) atoms. The summed E-state index contributed by atoms with van der Waals surface area (Å²) in [5.41, 5.74) is 3.54. The maximum Gasteiger partial charge on any atom is 0.273 e. The van der Waals surface area contributed by atoms with Gasteiger partial charge in [0.2, 0.25) is 0 Å². The molecule has 0 radical (unpaired) electrons. The predicted octanol–water partition coefficient (Wildman–Crippen LogP) is 2.98. The van der Waals surface area contributed by atoms with Gasteiger partial charge in [-0.1, -0.05) is 12.1 Å². The zero-order chi connectivity index (χ0) is 16.5. The number of carbonyl (C=O) groups is 1. The minimum atomic E-state index is -0.230. The largest absolute Gasteiger partial charge is 0.448 e. The minimum Gasteiger partial charge on any atom is -0.448 e. The normalized spacial score (nSPS) is 13.9. The molecule has 4 rings (SSSR count). The highest BCUT2D eigenvalue weighted by Crippen LogP contribution is 2.39. The maximum absolute atomic E-state index is 12.0. The molecule has 1 saturated carbocycles. The van der Waals surface area contributed by atoms with Crippen LogP contribution in [0, 0.1) is 6.92 Å². The Morgan fingerprint density at radius 3 is 2.75 bits per heavy atom. The van der Waals surface area contributed by atoms with E-state index in [0.29, 0.717) is 23.9 Å². The van der Waals surface area contributed by atoms with E-state index in [0.717, 1.165) is 11.3 Å². The number of aryl methyl sites for hydroxylation is 1. The van der Waals surface area contributed by atoms with E-state index < -0.39 is 0 Å². The molecule has 0 aliphatic heterocycles. The van der Waals surface area contributed by atoms with E-state index >= 15 is 0 Å². The summed E-state index contributed by atoms with van der Waals surface area (Å²) in [5, 5.41) is 7.46. The number of aromatic nitrogens is 3. The molecule has 0 unspecified atom stereocenters. The molecule has 6 heteroatoms. The number of benzene rings is 1. The first-order chi connectivity index (χ1) is 11.7. The molecular weight excluding hydrogens is 304 g/mol. The van der Waals surface area contributed by atoms with Gasteiger partial charge in [0.15, 0.2) is 12.1 Å². The van der Waals surface area contributed by atoms with Crippen LogP contribution in [0.4, 0.5) is 0 Å². The lowest BCUT2D eigenvalue weighted by atomic mass is 10.2. The van der Waals surface area contributed by atoms with Gasteiger partial charge in [0.1, 0.15) is 5.76 Å². The standard InChI is InChI=1S/C18H18N4O2/c1-12-17(20-11-24-12)18(23)19-10-13-2-6-15(7-3-13)22-9-8-16(21-22)14-4-5-14/h2-3,6-9,11,14H,4-5,10H2,1H3,(H,19,23). The fraction of sp³-hybridized carbons (Fsp3) is 0.278. The second-order valence-corrected chi connectivity index (χ2v) is 6.07. The zero-order valence-corrected chi connectivity index (χ0v) is 13.4. The van der Waals surface area contributed by atoms with Crippen LogP contribution in [0.3, 0.4) is 0 Å². The highest BCUT2D eigenvalue weighted by atomic mass is 16.3. The summed E-state index contributed by atoms with van der Waals surface area (Å²) in [6, 6.07) is 10.1. The van der Waals surface area contributed by atoms with Gasteiger partial charge >= 0.3 is 0 Å². The van der Waals surface area contributed by atoms with Crippen LogP contribution in [0.2, 0.25) is 0 Å². The number of rotatable bonds is 5. The van der Waals surface area contributed by atoms with E-state index in [4.69, 9.17) is 4.42 Å². The molecule has 0 spiro atoms. The van der Waals surface area contributed by atoms with Crippen LogP contribution >= 0.6 is 0 Å².